The standard InChI is InChI=1S/C33H29F3N2O3/c34-33(35,36)25-12-10-22(11-13-25)28-8-4-5-9-29(28)31(39)37-26-14-16-27(17-15-26)38-20-18-24(19-21-38)30(32(40)41)23-6-2-1-3-7-23/h1-17,24,30H,18-21H2,(H,37,39)(H,40,41)/t30-/m0/s1. The number of alkyl halides is 3. The zero-order valence-electron chi connectivity index (χ0n) is 22.1. The molecule has 1 aliphatic heterocycles. The summed E-state index contributed by atoms with van der Waals surface area (Å²) >= 11 is 0. The first-order chi connectivity index (χ1) is 19.7. The van der Waals surface area contributed by atoms with Crippen molar-refractivity contribution in [3.8, 4) is 11.1 Å². The van der Waals surface area contributed by atoms with Crippen LogP contribution in [0.4, 0.5) is 24.5 Å². The predicted molar refractivity (Wildman–Crippen MR) is 153 cm³/mol. The lowest BCUT2D eigenvalue weighted by atomic mass is 9.80. The zero-order valence-corrected chi connectivity index (χ0v) is 22.1. The number of halogens is 3. The Morgan fingerprint density at radius 1 is 0.805 bits per heavy atom. The maximum atomic E-state index is 13.1. The lowest BCUT2D eigenvalue weighted by Gasteiger charge is -2.36. The van der Waals surface area contributed by atoms with Gasteiger partial charge in [0.1, 0.15) is 0 Å². The van der Waals surface area contributed by atoms with E-state index in [2.05, 4.69) is 10.2 Å². The molecule has 1 fully saturated rings. The highest BCUT2D eigenvalue weighted by molar-refractivity contribution is 6.08. The Hall–Kier alpha value is -4.59. The average molecular weight is 559 g/mol. The number of benzene rings is 4. The summed E-state index contributed by atoms with van der Waals surface area (Å²) in [5.41, 5.74) is 3.06. The fourth-order valence-electron chi connectivity index (χ4n) is 5.49. The molecule has 5 rings (SSSR count). The number of carboxylic acid groups (broad SMARTS) is 1. The molecule has 1 saturated heterocycles. The summed E-state index contributed by atoms with van der Waals surface area (Å²) in [7, 11) is 0. The second-order valence-electron chi connectivity index (χ2n) is 10.2. The highest BCUT2D eigenvalue weighted by Gasteiger charge is 2.33. The van der Waals surface area contributed by atoms with Crippen molar-refractivity contribution in [2.24, 2.45) is 5.92 Å². The maximum Gasteiger partial charge on any atom is 0.416 e. The molecular formula is C33H29F3N2O3. The molecule has 4 aromatic carbocycles. The van der Waals surface area contributed by atoms with Crippen molar-refractivity contribution in [2.75, 3.05) is 23.3 Å². The van der Waals surface area contributed by atoms with Gasteiger partial charge >= 0.3 is 12.1 Å². The topological polar surface area (TPSA) is 69.6 Å². The van der Waals surface area contributed by atoms with Gasteiger partial charge in [-0.15, -0.1) is 0 Å². The number of nitrogens with one attached hydrogen (secondary N) is 1. The van der Waals surface area contributed by atoms with E-state index >= 15 is 0 Å². The number of nitrogens with zero attached hydrogens (tertiary/aromatic N) is 1. The van der Waals surface area contributed by atoms with Crippen molar-refractivity contribution in [3.05, 3.63) is 120 Å². The van der Waals surface area contributed by atoms with E-state index in [1.807, 2.05) is 54.6 Å². The van der Waals surface area contributed by atoms with Crippen molar-refractivity contribution in [3.63, 3.8) is 0 Å². The van der Waals surface area contributed by atoms with Crippen LogP contribution in [0.5, 0.6) is 0 Å². The third kappa shape index (κ3) is 6.43. The molecule has 0 saturated carbocycles. The molecule has 1 amide bonds. The van der Waals surface area contributed by atoms with Gasteiger partial charge in [0.05, 0.1) is 11.5 Å². The van der Waals surface area contributed by atoms with Crippen LogP contribution in [-0.4, -0.2) is 30.1 Å². The number of piperidine rings is 1. The van der Waals surface area contributed by atoms with Gasteiger partial charge in [-0.25, -0.2) is 0 Å². The molecule has 0 aliphatic carbocycles. The Labute approximate surface area is 236 Å². The van der Waals surface area contributed by atoms with Crippen LogP contribution in [0, 0.1) is 5.92 Å². The Morgan fingerprint density at radius 2 is 1.41 bits per heavy atom. The first-order valence-electron chi connectivity index (χ1n) is 13.4. The van der Waals surface area contributed by atoms with Crippen LogP contribution in [-0.2, 0) is 11.0 Å². The largest absolute Gasteiger partial charge is 0.481 e. The quantitative estimate of drug-likeness (QED) is 0.244. The van der Waals surface area contributed by atoms with E-state index in [1.54, 1.807) is 24.3 Å². The summed E-state index contributed by atoms with van der Waals surface area (Å²) in [4.78, 5) is 27.4. The van der Waals surface area contributed by atoms with Gasteiger partial charge in [-0.2, -0.15) is 13.2 Å². The van der Waals surface area contributed by atoms with E-state index in [1.165, 1.54) is 12.1 Å². The highest BCUT2D eigenvalue weighted by Crippen LogP contribution is 2.35. The smallest absolute Gasteiger partial charge is 0.416 e. The van der Waals surface area contributed by atoms with Crippen LogP contribution in [0.25, 0.3) is 11.1 Å². The maximum absolute atomic E-state index is 13.1. The Bertz CT molecular complexity index is 1500. The first-order valence-corrected chi connectivity index (χ1v) is 13.4. The molecule has 0 unspecified atom stereocenters. The number of carboxylic acids is 1. The van der Waals surface area contributed by atoms with Crippen molar-refractivity contribution in [1.82, 2.24) is 0 Å². The molecule has 2 N–H and O–H groups in total. The summed E-state index contributed by atoms with van der Waals surface area (Å²) in [6.45, 7) is 1.46. The summed E-state index contributed by atoms with van der Waals surface area (Å²) in [5, 5.41) is 12.8. The van der Waals surface area contributed by atoms with Gasteiger partial charge in [-0.3, -0.25) is 9.59 Å². The third-order valence-corrected chi connectivity index (χ3v) is 7.62. The van der Waals surface area contributed by atoms with E-state index in [0.29, 0.717) is 22.4 Å². The van der Waals surface area contributed by atoms with Gasteiger partial charge in [-0.05, 0) is 77.9 Å². The summed E-state index contributed by atoms with van der Waals surface area (Å²) < 4.78 is 38.9. The van der Waals surface area contributed by atoms with Crippen LogP contribution < -0.4 is 10.2 Å². The van der Waals surface area contributed by atoms with Crippen molar-refractivity contribution < 1.29 is 27.9 Å². The Balaban J connectivity index is 1.23. The molecule has 41 heavy (non-hydrogen) atoms. The fraction of sp³-hybridized carbons (Fsp3) is 0.212. The van der Waals surface area contributed by atoms with E-state index in [-0.39, 0.29) is 11.8 Å². The second-order valence-corrected chi connectivity index (χ2v) is 10.2. The second kappa shape index (κ2) is 11.9. The first kappa shape index (κ1) is 28.0. The lowest BCUT2D eigenvalue weighted by molar-refractivity contribution is -0.140. The molecule has 8 heteroatoms. The monoisotopic (exact) mass is 558 g/mol. The van der Waals surface area contributed by atoms with Gasteiger partial charge in [0.15, 0.2) is 0 Å². The van der Waals surface area contributed by atoms with Crippen LogP contribution in [0.2, 0.25) is 0 Å². The van der Waals surface area contributed by atoms with Gasteiger partial charge in [0.25, 0.3) is 5.91 Å². The van der Waals surface area contributed by atoms with E-state index < -0.39 is 23.6 Å². The average Bonchev–Trinajstić information content (AvgIpc) is 2.98. The minimum Gasteiger partial charge on any atom is -0.481 e. The number of rotatable bonds is 7. The number of carbonyl (C=O) groups excluding carboxylic acids is 1. The highest BCUT2D eigenvalue weighted by atomic mass is 19.4. The fourth-order valence-corrected chi connectivity index (χ4v) is 5.49. The number of aliphatic carboxylic acids is 1. The number of anilines is 2. The van der Waals surface area contributed by atoms with E-state index in [4.69, 9.17) is 0 Å². The van der Waals surface area contributed by atoms with Crippen LogP contribution in [0.15, 0.2) is 103 Å². The number of amides is 1. The lowest BCUT2D eigenvalue weighted by Crippen LogP contribution is -2.37. The van der Waals surface area contributed by atoms with Crippen molar-refractivity contribution >= 4 is 23.3 Å². The normalized spacial score (nSPS) is 14.9. The molecule has 0 bridgehead atoms. The van der Waals surface area contributed by atoms with E-state index in [0.717, 1.165) is 49.3 Å². The summed E-state index contributed by atoms with van der Waals surface area (Å²) in [6, 6.07) is 28.4. The van der Waals surface area contributed by atoms with Crippen LogP contribution in [0.3, 0.4) is 0 Å². The molecular weight excluding hydrogens is 529 g/mol. The molecule has 0 radical (unpaired) electrons. The molecule has 0 spiro atoms. The third-order valence-electron chi connectivity index (χ3n) is 7.62. The van der Waals surface area contributed by atoms with Crippen molar-refractivity contribution in [2.45, 2.75) is 24.9 Å². The zero-order chi connectivity index (χ0) is 29.0. The Kier molecular flexibility index (Phi) is 8.10. The van der Waals surface area contributed by atoms with Crippen LogP contribution >= 0.6 is 0 Å². The van der Waals surface area contributed by atoms with Gasteiger partial charge < -0.3 is 15.3 Å². The molecule has 1 heterocycles. The minimum absolute atomic E-state index is 0.0504. The van der Waals surface area contributed by atoms with Gasteiger partial charge in [0, 0.05) is 30.0 Å². The summed E-state index contributed by atoms with van der Waals surface area (Å²) in [6.07, 6.45) is -2.92. The van der Waals surface area contributed by atoms with E-state index in [9.17, 15) is 27.9 Å². The number of carbonyl (C=O) groups is 2. The molecule has 210 valence electrons. The van der Waals surface area contributed by atoms with Gasteiger partial charge in [-0.1, -0.05) is 60.7 Å². The minimum atomic E-state index is -4.43. The molecule has 1 atom stereocenters. The van der Waals surface area contributed by atoms with Gasteiger partial charge in [0.2, 0.25) is 0 Å². The molecule has 4 aromatic rings. The molecule has 1 aliphatic rings. The van der Waals surface area contributed by atoms with Crippen molar-refractivity contribution in [1.29, 1.82) is 0 Å². The SMILES string of the molecule is O=C(Nc1ccc(N2CCC([C@@H](C(=O)O)c3ccccc3)CC2)cc1)c1ccccc1-c1ccc(C(F)(F)F)cc1. The molecule has 0 aromatic heterocycles. The predicted octanol–water partition coefficient (Wildman–Crippen LogP) is 7.71. The van der Waals surface area contributed by atoms with Crippen LogP contribution in [0.1, 0.15) is 40.2 Å². The molecule has 5 nitrogen and oxygen atoms in total. The number of hydrogen-bond donors (Lipinski definition) is 2. The summed E-state index contributed by atoms with van der Waals surface area (Å²) in [5.74, 6) is -1.64. The number of hydrogen-bond acceptors (Lipinski definition) is 3. The Morgan fingerprint density at radius 3 is 2.02 bits per heavy atom.